The van der Waals surface area contributed by atoms with E-state index in [0.717, 1.165) is 0 Å². The number of nitrogens with zero attached hydrogens (tertiary/aromatic N) is 5. The average molecular weight is 418 g/mol. The molecule has 28 heavy (non-hydrogen) atoms. The first kappa shape index (κ1) is 18.3. The van der Waals surface area contributed by atoms with Crippen LogP contribution in [0.5, 0.6) is 0 Å². The van der Waals surface area contributed by atoms with Crippen LogP contribution in [0.15, 0.2) is 35.3 Å². The van der Waals surface area contributed by atoms with Crippen molar-refractivity contribution in [3.05, 3.63) is 67.6 Å². The molecule has 2 aromatic heterocycles. The van der Waals surface area contributed by atoms with E-state index in [9.17, 15) is 14.9 Å². The molecule has 0 unspecified atom stereocenters. The van der Waals surface area contributed by atoms with E-state index in [-0.39, 0.29) is 24.7 Å². The highest BCUT2D eigenvalue weighted by atomic mass is 35.5. The molecule has 3 aromatic rings. The van der Waals surface area contributed by atoms with Gasteiger partial charge in [-0.05, 0) is 19.1 Å². The molecule has 0 amide bonds. The normalized spacial score (nSPS) is 12.6. The molecule has 1 aliphatic rings. The molecule has 0 fully saturated rings. The minimum Gasteiger partial charge on any atom is -0.460 e. The van der Waals surface area contributed by atoms with Gasteiger partial charge in [0.25, 0.3) is 5.69 Å². The molecule has 0 saturated heterocycles. The van der Waals surface area contributed by atoms with Gasteiger partial charge in [-0.15, -0.1) is 21.5 Å². The predicted octanol–water partition coefficient (Wildman–Crippen LogP) is 3.42. The van der Waals surface area contributed by atoms with Gasteiger partial charge in [0.1, 0.15) is 11.5 Å². The first-order valence-electron chi connectivity index (χ1n) is 8.21. The summed E-state index contributed by atoms with van der Waals surface area (Å²) in [5, 5.41) is 20.0. The zero-order valence-electron chi connectivity index (χ0n) is 14.5. The number of aromatic nitrogens is 3. The highest BCUT2D eigenvalue weighted by Crippen LogP contribution is 2.36. The number of para-hydroxylation sites is 1. The summed E-state index contributed by atoms with van der Waals surface area (Å²) in [4.78, 5) is 27.9. The number of ether oxygens (including phenoxy) is 1. The number of nitro groups is 1. The van der Waals surface area contributed by atoms with Crippen molar-refractivity contribution in [2.75, 3.05) is 6.61 Å². The summed E-state index contributed by atoms with van der Waals surface area (Å²) in [6.45, 7) is 1.98. The standard InChI is InChI=1S/C17H12ClN5O4S/c1-2-27-17(24)15-21-20-13-8-19-14(9-5-3-4-6-11(9)23(25)26)10-7-12(18)28-16(10)22(13)15/h3-7H,2,8H2,1H3. The van der Waals surface area contributed by atoms with Gasteiger partial charge in [-0.25, -0.2) is 4.79 Å². The second kappa shape index (κ2) is 7.13. The Balaban J connectivity index is 1.93. The Bertz CT molecular complexity index is 1140. The highest BCUT2D eigenvalue weighted by molar-refractivity contribution is 7.19. The molecule has 0 N–H and O–H groups in total. The van der Waals surface area contributed by atoms with Gasteiger partial charge < -0.3 is 4.74 Å². The van der Waals surface area contributed by atoms with E-state index in [4.69, 9.17) is 16.3 Å². The molecule has 1 aromatic carbocycles. The summed E-state index contributed by atoms with van der Waals surface area (Å²) >= 11 is 7.45. The molecule has 0 radical (unpaired) electrons. The molecular formula is C17H12ClN5O4S. The van der Waals surface area contributed by atoms with Crippen LogP contribution in [-0.4, -0.2) is 38.0 Å². The van der Waals surface area contributed by atoms with Crippen LogP contribution in [0, 0.1) is 10.1 Å². The Labute approximate surface area is 167 Å². The second-order valence-electron chi connectivity index (χ2n) is 5.70. The summed E-state index contributed by atoms with van der Waals surface area (Å²) in [5.41, 5.74) is 1.26. The Morgan fingerprint density at radius 2 is 2.14 bits per heavy atom. The zero-order chi connectivity index (χ0) is 19.8. The van der Waals surface area contributed by atoms with Crippen LogP contribution >= 0.6 is 22.9 Å². The van der Waals surface area contributed by atoms with Gasteiger partial charge in [0.15, 0.2) is 5.82 Å². The smallest absolute Gasteiger partial charge is 0.376 e. The molecule has 1 aliphatic heterocycles. The van der Waals surface area contributed by atoms with Gasteiger partial charge in [0.2, 0.25) is 5.82 Å². The van der Waals surface area contributed by atoms with E-state index in [0.29, 0.717) is 32.0 Å². The van der Waals surface area contributed by atoms with E-state index in [2.05, 4.69) is 15.2 Å². The molecule has 4 rings (SSSR count). The van der Waals surface area contributed by atoms with E-state index >= 15 is 0 Å². The third-order valence-corrected chi connectivity index (χ3v) is 5.31. The van der Waals surface area contributed by atoms with Gasteiger partial charge in [-0.2, -0.15) is 0 Å². The van der Waals surface area contributed by atoms with Gasteiger partial charge in [0, 0.05) is 11.6 Å². The number of hydrogen-bond acceptors (Lipinski definition) is 8. The topological polar surface area (TPSA) is 113 Å². The lowest BCUT2D eigenvalue weighted by Gasteiger charge is -2.08. The van der Waals surface area contributed by atoms with E-state index in [1.807, 2.05) is 0 Å². The van der Waals surface area contributed by atoms with Gasteiger partial charge in [-0.3, -0.25) is 19.7 Å². The lowest BCUT2D eigenvalue weighted by molar-refractivity contribution is -0.385. The van der Waals surface area contributed by atoms with Crippen molar-refractivity contribution in [1.82, 2.24) is 14.8 Å². The van der Waals surface area contributed by atoms with Crippen molar-refractivity contribution in [3.8, 4) is 5.00 Å². The van der Waals surface area contributed by atoms with Crippen molar-refractivity contribution < 1.29 is 14.5 Å². The molecule has 0 aliphatic carbocycles. The van der Waals surface area contributed by atoms with E-state index in [1.165, 1.54) is 17.4 Å². The number of carbonyl (C=O) groups excluding carboxylic acids is 1. The van der Waals surface area contributed by atoms with Crippen molar-refractivity contribution >= 4 is 40.3 Å². The van der Waals surface area contributed by atoms with Crippen molar-refractivity contribution in [2.45, 2.75) is 13.5 Å². The number of benzene rings is 1. The molecule has 0 atom stereocenters. The number of carbonyl (C=O) groups is 1. The fourth-order valence-corrected chi connectivity index (χ4v) is 4.18. The summed E-state index contributed by atoms with van der Waals surface area (Å²) in [7, 11) is 0. The fraction of sp³-hybridized carbons (Fsp3) is 0.176. The summed E-state index contributed by atoms with van der Waals surface area (Å²) in [6.07, 6.45) is 0. The molecule has 9 nitrogen and oxygen atoms in total. The Kier molecular flexibility index (Phi) is 4.65. The number of esters is 1. The minimum atomic E-state index is -0.620. The van der Waals surface area contributed by atoms with Gasteiger partial charge in [-0.1, -0.05) is 23.7 Å². The number of fused-ring (bicyclic) bond motifs is 3. The maximum Gasteiger partial charge on any atom is 0.376 e. The lowest BCUT2D eigenvalue weighted by atomic mass is 10.0. The number of nitro benzene ring substituents is 1. The van der Waals surface area contributed by atoms with Crippen LogP contribution < -0.4 is 0 Å². The van der Waals surface area contributed by atoms with Crippen LogP contribution in [0.4, 0.5) is 5.69 Å². The quantitative estimate of drug-likeness (QED) is 0.365. The molecule has 0 spiro atoms. The first-order chi connectivity index (χ1) is 13.5. The maximum absolute atomic E-state index is 12.3. The maximum atomic E-state index is 12.3. The summed E-state index contributed by atoms with van der Waals surface area (Å²) in [5.74, 6) is -0.196. The third kappa shape index (κ3) is 2.96. The SMILES string of the molecule is CCOC(=O)c1nnc2n1-c1sc(Cl)cc1C(c1ccccc1[N+](=O)[O-])=NC2. The highest BCUT2D eigenvalue weighted by Gasteiger charge is 2.30. The minimum absolute atomic E-state index is 0.00984. The van der Waals surface area contributed by atoms with Crippen molar-refractivity contribution in [3.63, 3.8) is 0 Å². The van der Waals surface area contributed by atoms with Gasteiger partial charge >= 0.3 is 5.97 Å². The fourth-order valence-electron chi connectivity index (χ4n) is 2.95. The molecule has 0 saturated carbocycles. The number of hydrogen-bond donors (Lipinski definition) is 0. The lowest BCUT2D eigenvalue weighted by Crippen LogP contribution is -2.14. The zero-order valence-corrected chi connectivity index (χ0v) is 16.0. The van der Waals surface area contributed by atoms with Crippen LogP contribution in [0.2, 0.25) is 4.34 Å². The first-order valence-corrected chi connectivity index (χ1v) is 9.40. The Morgan fingerprint density at radius 3 is 2.89 bits per heavy atom. The summed E-state index contributed by atoms with van der Waals surface area (Å²) < 4.78 is 7.05. The van der Waals surface area contributed by atoms with Gasteiger partial charge in [0.05, 0.1) is 27.1 Å². The largest absolute Gasteiger partial charge is 0.460 e. The Morgan fingerprint density at radius 1 is 1.36 bits per heavy atom. The number of aliphatic imine (C=N–C) groups is 1. The predicted molar refractivity (Wildman–Crippen MR) is 103 cm³/mol. The molecule has 11 heteroatoms. The Hall–Kier alpha value is -3.11. The van der Waals surface area contributed by atoms with Crippen LogP contribution in [0.3, 0.4) is 0 Å². The average Bonchev–Trinajstić information content (AvgIpc) is 3.22. The van der Waals surface area contributed by atoms with E-state index in [1.54, 1.807) is 35.8 Å². The van der Waals surface area contributed by atoms with Crippen LogP contribution in [0.25, 0.3) is 5.00 Å². The molecule has 142 valence electrons. The number of thiophene rings is 1. The second-order valence-corrected chi connectivity index (χ2v) is 7.37. The monoisotopic (exact) mass is 417 g/mol. The third-order valence-electron chi connectivity index (χ3n) is 4.06. The van der Waals surface area contributed by atoms with Crippen molar-refractivity contribution in [2.24, 2.45) is 4.99 Å². The molecule has 3 heterocycles. The van der Waals surface area contributed by atoms with Crippen molar-refractivity contribution in [1.29, 1.82) is 0 Å². The number of halogens is 1. The number of rotatable bonds is 4. The molecular weight excluding hydrogens is 406 g/mol. The summed E-state index contributed by atoms with van der Waals surface area (Å²) in [6, 6.07) is 8.01. The van der Waals surface area contributed by atoms with E-state index < -0.39 is 10.9 Å². The molecule has 0 bridgehead atoms. The van der Waals surface area contributed by atoms with Crippen LogP contribution in [0.1, 0.15) is 34.5 Å². The van der Waals surface area contributed by atoms with Crippen LogP contribution in [-0.2, 0) is 11.3 Å².